The normalized spacial score (nSPS) is 22.9. The molecular weight excluding hydrogens is 208 g/mol. The topological polar surface area (TPSA) is 34.1 Å². The van der Waals surface area contributed by atoms with Crippen LogP contribution in [0.1, 0.15) is 46.5 Å². The van der Waals surface area contributed by atoms with Gasteiger partial charge in [0.15, 0.2) is 5.12 Å². The molecule has 3 heteroatoms. The van der Waals surface area contributed by atoms with Crippen LogP contribution < -0.4 is 0 Å². The van der Waals surface area contributed by atoms with Crippen molar-refractivity contribution >= 4 is 22.7 Å². The summed E-state index contributed by atoms with van der Waals surface area (Å²) in [4.78, 5) is 23.3. The molecule has 0 aromatic carbocycles. The molecule has 1 aliphatic carbocycles. The minimum atomic E-state index is -0.337. The second kappa shape index (κ2) is 5.15. The zero-order chi connectivity index (χ0) is 11.5. The van der Waals surface area contributed by atoms with Gasteiger partial charge >= 0.3 is 0 Å². The number of ketones is 1. The van der Waals surface area contributed by atoms with E-state index in [1.807, 2.05) is 20.8 Å². The summed E-state index contributed by atoms with van der Waals surface area (Å²) >= 11 is 1.38. The Labute approximate surface area is 96.2 Å². The zero-order valence-corrected chi connectivity index (χ0v) is 10.7. The first-order valence-corrected chi connectivity index (χ1v) is 6.66. The van der Waals surface area contributed by atoms with Crippen LogP contribution >= 0.6 is 11.8 Å². The van der Waals surface area contributed by atoms with E-state index in [9.17, 15) is 9.59 Å². The molecule has 1 saturated carbocycles. The summed E-state index contributed by atoms with van der Waals surface area (Å²) in [5.41, 5.74) is -0.337. The fourth-order valence-electron chi connectivity index (χ4n) is 2.12. The lowest BCUT2D eigenvalue weighted by molar-refractivity contribution is -0.126. The van der Waals surface area contributed by atoms with Gasteiger partial charge in [-0.25, -0.2) is 0 Å². The van der Waals surface area contributed by atoms with Crippen LogP contribution in [0.2, 0.25) is 0 Å². The van der Waals surface area contributed by atoms with E-state index in [-0.39, 0.29) is 16.4 Å². The molecule has 1 fully saturated rings. The molecule has 0 bridgehead atoms. The molecule has 86 valence electrons. The SMILES string of the molecule is CCSC(=O)C(C)(C)C1CCCC(=O)C1. The first kappa shape index (κ1) is 12.8. The average molecular weight is 228 g/mol. The lowest BCUT2D eigenvalue weighted by Crippen LogP contribution is -2.35. The maximum Gasteiger partial charge on any atom is 0.194 e. The highest BCUT2D eigenvalue weighted by molar-refractivity contribution is 8.13. The first-order valence-electron chi connectivity index (χ1n) is 5.67. The lowest BCUT2D eigenvalue weighted by atomic mass is 9.71. The Bertz CT molecular complexity index is 258. The van der Waals surface area contributed by atoms with Crippen LogP contribution in [-0.4, -0.2) is 16.7 Å². The van der Waals surface area contributed by atoms with Crippen molar-refractivity contribution in [2.24, 2.45) is 11.3 Å². The minimum Gasteiger partial charge on any atom is -0.300 e. The van der Waals surface area contributed by atoms with Crippen molar-refractivity contribution in [2.45, 2.75) is 46.5 Å². The molecule has 0 amide bonds. The smallest absolute Gasteiger partial charge is 0.194 e. The van der Waals surface area contributed by atoms with Crippen molar-refractivity contribution in [2.75, 3.05) is 5.75 Å². The van der Waals surface area contributed by atoms with E-state index in [4.69, 9.17) is 0 Å². The monoisotopic (exact) mass is 228 g/mol. The third kappa shape index (κ3) is 3.07. The van der Waals surface area contributed by atoms with Crippen molar-refractivity contribution in [1.29, 1.82) is 0 Å². The summed E-state index contributed by atoms with van der Waals surface area (Å²) in [5, 5.41) is 0.240. The fourth-order valence-corrected chi connectivity index (χ4v) is 2.93. The molecule has 0 aliphatic heterocycles. The van der Waals surface area contributed by atoms with Gasteiger partial charge in [-0.2, -0.15) is 0 Å². The Kier molecular flexibility index (Phi) is 4.38. The molecule has 1 unspecified atom stereocenters. The van der Waals surface area contributed by atoms with Gasteiger partial charge in [0.05, 0.1) is 0 Å². The van der Waals surface area contributed by atoms with Crippen LogP contribution in [0.15, 0.2) is 0 Å². The van der Waals surface area contributed by atoms with Crippen molar-refractivity contribution in [1.82, 2.24) is 0 Å². The van der Waals surface area contributed by atoms with Gasteiger partial charge in [-0.1, -0.05) is 32.5 Å². The standard InChI is InChI=1S/C12H20O2S/c1-4-15-11(14)12(2,3)9-6-5-7-10(13)8-9/h9H,4-8H2,1-3H3. The Morgan fingerprint density at radius 3 is 2.73 bits per heavy atom. The highest BCUT2D eigenvalue weighted by atomic mass is 32.2. The van der Waals surface area contributed by atoms with Gasteiger partial charge in [-0.05, 0) is 24.5 Å². The summed E-state index contributed by atoms with van der Waals surface area (Å²) < 4.78 is 0. The van der Waals surface area contributed by atoms with Crippen molar-refractivity contribution in [3.8, 4) is 0 Å². The molecule has 0 aromatic rings. The number of thioether (sulfide) groups is 1. The van der Waals surface area contributed by atoms with E-state index in [0.717, 1.165) is 18.6 Å². The second-order valence-electron chi connectivity index (χ2n) is 4.77. The van der Waals surface area contributed by atoms with Crippen LogP contribution in [-0.2, 0) is 9.59 Å². The molecule has 0 radical (unpaired) electrons. The summed E-state index contributed by atoms with van der Waals surface area (Å²) in [7, 11) is 0. The minimum absolute atomic E-state index is 0.240. The first-order chi connectivity index (χ1) is 6.98. The Hall–Kier alpha value is -0.310. The number of hydrogen-bond acceptors (Lipinski definition) is 3. The van der Waals surface area contributed by atoms with E-state index >= 15 is 0 Å². The highest BCUT2D eigenvalue weighted by Crippen LogP contribution is 2.40. The summed E-state index contributed by atoms with van der Waals surface area (Å²) in [6.07, 6.45) is 3.29. The van der Waals surface area contributed by atoms with Crippen molar-refractivity contribution in [3.05, 3.63) is 0 Å². The Balaban J connectivity index is 2.66. The van der Waals surface area contributed by atoms with Crippen LogP contribution in [0, 0.1) is 11.3 Å². The number of carbonyl (C=O) groups is 2. The Morgan fingerprint density at radius 2 is 2.20 bits per heavy atom. The van der Waals surface area contributed by atoms with E-state index in [1.165, 1.54) is 11.8 Å². The van der Waals surface area contributed by atoms with Gasteiger partial charge < -0.3 is 0 Å². The van der Waals surface area contributed by atoms with Gasteiger partial charge in [-0.15, -0.1) is 0 Å². The second-order valence-corrected chi connectivity index (χ2v) is 6.01. The number of carbonyl (C=O) groups excluding carboxylic acids is 2. The van der Waals surface area contributed by atoms with Gasteiger partial charge in [0.2, 0.25) is 0 Å². The van der Waals surface area contributed by atoms with Crippen LogP contribution in [0.25, 0.3) is 0 Å². The van der Waals surface area contributed by atoms with Gasteiger partial charge in [0.25, 0.3) is 0 Å². The third-order valence-corrected chi connectivity index (χ3v) is 4.38. The number of rotatable bonds is 3. The molecule has 1 rings (SSSR count). The third-order valence-electron chi connectivity index (χ3n) is 3.30. The average Bonchev–Trinajstić information content (AvgIpc) is 2.18. The maximum absolute atomic E-state index is 11.9. The Morgan fingerprint density at radius 1 is 1.53 bits per heavy atom. The molecule has 15 heavy (non-hydrogen) atoms. The number of hydrogen-bond donors (Lipinski definition) is 0. The van der Waals surface area contributed by atoms with E-state index in [0.29, 0.717) is 18.6 Å². The highest BCUT2D eigenvalue weighted by Gasteiger charge is 2.38. The molecule has 0 N–H and O–H groups in total. The molecule has 0 saturated heterocycles. The van der Waals surface area contributed by atoms with Gasteiger partial charge in [0, 0.05) is 18.3 Å². The predicted molar refractivity (Wildman–Crippen MR) is 63.9 cm³/mol. The van der Waals surface area contributed by atoms with Crippen LogP contribution in [0.3, 0.4) is 0 Å². The molecular formula is C12H20O2S. The lowest BCUT2D eigenvalue weighted by Gasteiger charge is -2.34. The largest absolute Gasteiger partial charge is 0.300 e. The van der Waals surface area contributed by atoms with Crippen molar-refractivity contribution in [3.63, 3.8) is 0 Å². The zero-order valence-electron chi connectivity index (χ0n) is 9.84. The molecule has 0 heterocycles. The molecule has 0 aromatic heterocycles. The van der Waals surface area contributed by atoms with Gasteiger partial charge in [0.1, 0.15) is 5.78 Å². The van der Waals surface area contributed by atoms with E-state index < -0.39 is 0 Å². The quantitative estimate of drug-likeness (QED) is 0.744. The summed E-state index contributed by atoms with van der Waals surface area (Å²) in [6, 6.07) is 0. The van der Waals surface area contributed by atoms with Crippen LogP contribution in [0.5, 0.6) is 0 Å². The molecule has 2 nitrogen and oxygen atoms in total. The maximum atomic E-state index is 11.9. The van der Waals surface area contributed by atoms with Gasteiger partial charge in [-0.3, -0.25) is 9.59 Å². The predicted octanol–water partition coefficient (Wildman–Crippen LogP) is 3.05. The number of Topliss-reactive ketones (excluding diaryl/α,β-unsaturated/α-hetero) is 1. The fraction of sp³-hybridized carbons (Fsp3) is 0.833. The van der Waals surface area contributed by atoms with E-state index in [2.05, 4.69) is 0 Å². The molecule has 1 aliphatic rings. The van der Waals surface area contributed by atoms with Crippen molar-refractivity contribution < 1.29 is 9.59 Å². The summed E-state index contributed by atoms with van der Waals surface area (Å²) in [5.74, 6) is 1.40. The molecule has 0 spiro atoms. The molecule has 1 atom stereocenters. The van der Waals surface area contributed by atoms with E-state index in [1.54, 1.807) is 0 Å². The van der Waals surface area contributed by atoms with Crippen LogP contribution in [0.4, 0.5) is 0 Å². The summed E-state index contributed by atoms with van der Waals surface area (Å²) in [6.45, 7) is 5.97.